The first-order chi connectivity index (χ1) is 13.0. The summed E-state index contributed by atoms with van der Waals surface area (Å²) in [5.74, 6) is 1.10. The average molecular weight is 503 g/mol. The Morgan fingerprint density at radius 3 is 2.46 bits per heavy atom. The van der Waals surface area contributed by atoms with E-state index < -0.39 is 0 Å². The van der Waals surface area contributed by atoms with Crippen LogP contribution in [-0.2, 0) is 4.79 Å². The van der Waals surface area contributed by atoms with Gasteiger partial charge in [0.25, 0.3) is 0 Å². The molecule has 0 saturated carbocycles. The predicted octanol–water partition coefficient (Wildman–Crippen LogP) is 2.53. The smallest absolute Gasteiger partial charge is 0.224 e. The van der Waals surface area contributed by atoms with E-state index in [2.05, 4.69) is 21.7 Å². The quantitative estimate of drug-likeness (QED) is 0.390. The largest absolute Gasteiger partial charge is 0.370 e. The lowest BCUT2D eigenvalue weighted by molar-refractivity contribution is -0.131. The first-order valence-electron chi connectivity index (χ1n) is 9.86. The minimum absolute atomic E-state index is 0. The Bertz CT molecular complexity index is 661. The Hall–Kier alpha value is -1.58. The van der Waals surface area contributed by atoms with E-state index >= 15 is 0 Å². The third-order valence-electron chi connectivity index (χ3n) is 5.40. The van der Waals surface area contributed by atoms with E-state index in [1.54, 1.807) is 12.1 Å². The number of carbonyl (C=O) groups is 1. The zero-order valence-electron chi connectivity index (χ0n) is 16.5. The van der Waals surface area contributed by atoms with Crippen molar-refractivity contribution in [2.24, 2.45) is 16.6 Å². The van der Waals surface area contributed by atoms with E-state index in [0.29, 0.717) is 37.9 Å². The van der Waals surface area contributed by atoms with Crippen molar-refractivity contribution in [3.8, 4) is 0 Å². The Labute approximate surface area is 184 Å². The van der Waals surface area contributed by atoms with Crippen LogP contribution >= 0.6 is 24.0 Å². The zero-order chi connectivity index (χ0) is 19.2. The molecule has 28 heavy (non-hydrogen) atoms. The summed E-state index contributed by atoms with van der Waals surface area (Å²) in [6.45, 7) is 7.46. The number of nitrogens with two attached hydrogens (primary N) is 1. The van der Waals surface area contributed by atoms with Crippen molar-refractivity contribution in [1.82, 2.24) is 9.80 Å². The van der Waals surface area contributed by atoms with E-state index in [4.69, 9.17) is 5.73 Å². The van der Waals surface area contributed by atoms with Gasteiger partial charge in [-0.25, -0.2) is 4.39 Å². The van der Waals surface area contributed by atoms with Gasteiger partial charge >= 0.3 is 0 Å². The van der Waals surface area contributed by atoms with Crippen LogP contribution in [0.25, 0.3) is 0 Å². The lowest BCUT2D eigenvalue weighted by atomic mass is 10.0. The molecule has 1 atom stereocenters. The van der Waals surface area contributed by atoms with Crippen molar-refractivity contribution in [2.45, 2.75) is 26.2 Å². The Kier molecular flexibility index (Phi) is 8.78. The number of piperidine rings is 1. The molecule has 3 rings (SSSR count). The number of hydrogen-bond donors (Lipinski definition) is 1. The maximum absolute atomic E-state index is 13.0. The summed E-state index contributed by atoms with van der Waals surface area (Å²) in [7, 11) is 0. The average Bonchev–Trinajstić information content (AvgIpc) is 2.68. The molecule has 2 aliphatic heterocycles. The molecule has 0 spiro atoms. The highest BCUT2D eigenvalue weighted by Crippen LogP contribution is 2.17. The third kappa shape index (κ3) is 6.22. The van der Waals surface area contributed by atoms with Crippen molar-refractivity contribution in [3.63, 3.8) is 0 Å². The standard InChI is InChI=1S/C20H30FN5O.HI/c1-16-3-2-10-26(15-16)20(22)23-9-8-19(27)25-13-11-24(12-14-25)18-6-4-17(21)5-7-18;/h4-7,16H,2-3,8-15H2,1H3,(H2,22,23);1H. The van der Waals surface area contributed by atoms with Crippen molar-refractivity contribution in [1.29, 1.82) is 0 Å². The highest BCUT2D eigenvalue weighted by atomic mass is 127. The fourth-order valence-corrected chi connectivity index (χ4v) is 3.79. The number of benzene rings is 1. The zero-order valence-corrected chi connectivity index (χ0v) is 18.8. The van der Waals surface area contributed by atoms with Crippen molar-refractivity contribution in [2.75, 3.05) is 50.7 Å². The van der Waals surface area contributed by atoms with E-state index in [-0.39, 0.29) is 35.7 Å². The van der Waals surface area contributed by atoms with Gasteiger partial charge in [0.2, 0.25) is 5.91 Å². The van der Waals surface area contributed by atoms with Crippen LogP contribution in [0.2, 0.25) is 0 Å². The molecule has 2 N–H and O–H groups in total. The van der Waals surface area contributed by atoms with Gasteiger partial charge in [-0.05, 0) is 43.0 Å². The van der Waals surface area contributed by atoms with Crippen molar-refractivity contribution in [3.05, 3.63) is 30.1 Å². The summed E-state index contributed by atoms with van der Waals surface area (Å²) >= 11 is 0. The molecule has 0 aromatic heterocycles. The highest BCUT2D eigenvalue weighted by Gasteiger charge is 2.21. The van der Waals surface area contributed by atoms with E-state index in [1.807, 2.05) is 4.90 Å². The number of nitrogens with zero attached hydrogens (tertiary/aromatic N) is 4. The second kappa shape index (κ2) is 10.8. The summed E-state index contributed by atoms with van der Waals surface area (Å²) in [4.78, 5) is 23.0. The van der Waals surface area contributed by atoms with Gasteiger partial charge in [-0.1, -0.05) is 6.92 Å². The lowest BCUT2D eigenvalue weighted by Gasteiger charge is -2.36. The molecule has 0 radical (unpaired) electrons. The van der Waals surface area contributed by atoms with Crippen LogP contribution < -0.4 is 10.6 Å². The third-order valence-corrected chi connectivity index (χ3v) is 5.40. The van der Waals surface area contributed by atoms with Crippen LogP contribution in [0, 0.1) is 11.7 Å². The van der Waals surface area contributed by atoms with Gasteiger partial charge in [-0.3, -0.25) is 9.79 Å². The van der Waals surface area contributed by atoms with Gasteiger partial charge in [0.1, 0.15) is 5.82 Å². The summed E-state index contributed by atoms with van der Waals surface area (Å²) in [5, 5.41) is 0. The molecule has 2 aliphatic rings. The molecular formula is C20H31FIN5O. The van der Waals surface area contributed by atoms with Crippen molar-refractivity contribution >= 4 is 41.5 Å². The van der Waals surface area contributed by atoms with Crippen LogP contribution in [0.15, 0.2) is 29.3 Å². The maximum Gasteiger partial charge on any atom is 0.224 e. The number of rotatable bonds is 4. The molecule has 1 unspecified atom stereocenters. The molecule has 0 aliphatic carbocycles. The Balaban J connectivity index is 0.00000280. The minimum atomic E-state index is -0.230. The topological polar surface area (TPSA) is 65.2 Å². The van der Waals surface area contributed by atoms with E-state index in [0.717, 1.165) is 38.3 Å². The van der Waals surface area contributed by atoms with Crippen LogP contribution in [0.1, 0.15) is 26.2 Å². The summed E-state index contributed by atoms with van der Waals surface area (Å²) in [5.41, 5.74) is 7.08. The number of halogens is 2. The summed E-state index contributed by atoms with van der Waals surface area (Å²) < 4.78 is 13.0. The van der Waals surface area contributed by atoms with Gasteiger partial charge in [0.05, 0.1) is 6.54 Å². The van der Waals surface area contributed by atoms with Crippen LogP contribution in [0.4, 0.5) is 10.1 Å². The maximum atomic E-state index is 13.0. The fourth-order valence-electron chi connectivity index (χ4n) is 3.79. The second-order valence-corrected chi connectivity index (χ2v) is 7.53. The molecule has 1 aromatic rings. The van der Waals surface area contributed by atoms with Crippen molar-refractivity contribution < 1.29 is 9.18 Å². The molecule has 156 valence electrons. The van der Waals surface area contributed by atoms with Gasteiger partial charge in [-0.2, -0.15) is 0 Å². The van der Waals surface area contributed by atoms with E-state index in [9.17, 15) is 9.18 Å². The second-order valence-electron chi connectivity index (χ2n) is 7.53. The first kappa shape index (κ1) is 22.7. The summed E-state index contributed by atoms with van der Waals surface area (Å²) in [6.07, 6.45) is 2.78. The molecule has 1 amide bonds. The Morgan fingerprint density at radius 1 is 1.14 bits per heavy atom. The first-order valence-corrected chi connectivity index (χ1v) is 9.86. The minimum Gasteiger partial charge on any atom is -0.370 e. The van der Waals surface area contributed by atoms with Gasteiger partial charge < -0.3 is 20.4 Å². The number of carbonyl (C=O) groups excluding carboxylic acids is 1. The number of anilines is 1. The number of guanidine groups is 1. The van der Waals surface area contributed by atoms with Crippen LogP contribution in [-0.4, -0.2) is 67.5 Å². The normalized spacial score (nSPS) is 20.7. The highest BCUT2D eigenvalue weighted by molar-refractivity contribution is 14.0. The lowest BCUT2D eigenvalue weighted by Crippen LogP contribution is -2.49. The number of hydrogen-bond acceptors (Lipinski definition) is 3. The number of amides is 1. The van der Waals surface area contributed by atoms with Crippen LogP contribution in [0.5, 0.6) is 0 Å². The van der Waals surface area contributed by atoms with Gasteiger partial charge in [-0.15, -0.1) is 24.0 Å². The molecule has 2 fully saturated rings. The molecule has 2 saturated heterocycles. The van der Waals surface area contributed by atoms with E-state index in [1.165, 1.54) is 18.6 Å². The predicted molar refractivity (Wildman–Crippen MR) is 122 cm³/mol. The molecule has 0 bridgehead atoms. The fraction of sp³-hybridized carbons (Fsp3) is 0.600. The van der Waals surface area contributed by atoms with Gasteiger partial charge in [0, 0.05) is 51.4 Å². The molecule has 1 aromatic carbocycles. The summed E-state index contributed by atoms with van der Waals surface area (Å²) in [6, 6.07) is 6.51. The SMILES string of the molecule is CC1CCCN(C(N)=NCCC(=O)N2CCN(c3ccc(F)cc3)CC2)C1.I. The number of aliphatic imine (C=N–C) groups is 1. The molecule has 2 heterocycles. The van der Waals surface area contributed by atoms with Crippen LogP contribution in [0.3, 0.4) is 0 Å². The molecular weight excluding hydrogens is 472 g/mol. The Morgan fingerprint density at radius 2 is 1.82 bits per heavy atom. The monoisotopic (exact) mass is 503 g/mol. The number of likely N-dealkylation sites (tertiary alicyclic amines) is 1. The van der Waals surface area contributed by atoms with Gasteiger partial charge in [0.15, 0.2) is 5.96 Å². The number of piperazine rings is 1. The molecule has 6 nitrogen and oxygen atoms in total. The molecule has 8 heteroatoms.